The summed E-state index contributed by atoms with van der Waals surface area (Å²) in [6.45, 7) is 4.64. The molecule has 0 amide bonds. The predicted octanol–water partition coefficient (Wildman–Crippen LogP) is 4.01. The Morgan fingerprint density at radius 1 is 1.19 bits per heavy atom. The van der Waals surface area contributed by atoms with Crippen LogP contribution in [0.25, 0.3) is 0 Å². The Balaban J connectivity index is 2.11. The van der Waals surface area contributed by atoms with Crippen molar-refractivity contribution in [1.82, 2.24) is 0 Å². The average Bonchev–Trinajstić information content (AvgIpc) is 2.52. The molecule has 0 saturated carbocycles. The summed E-state index contributed by atoms with van der Waals surface area (Å²) < 4.78 is 23.9. The normalized spacial score (nSPS) is 10.0. The first-order valence-corrected chi connectivity index (χ1v) is 6.63. The molecule has 0 saturated heterocycles. The van der Waals surface area contributed by atoms with Crippen LogP contribution in [0.4, 0.5) is 10.1 Å². The number of rotatable bonds is 7. The van der Waals surface area contributed by atoms with Gasteiger partial charge in [-0.1, -0.05) is 30.9 Å². The molecule has 0 aliphatic carbocycles. The van der Waals surface area contributed by atoms with Gasteiger partial charge in [0.1, 0.15) is 23.9 Å². The number of benzene rings is 2. The highest BCUT2D eigenvalue weighted by Gasteiger charge is 2.06. The number of hydrogen-bond donors (Lipinski definition) is 1. The summed E-state index contributed by atoms with van der Waals surface area (Å²) in [6.07, 6.45) is 1.70. The Hall–Kier alpha value is -2.49. The molecule has 0 aromatic heterocycles. The lowest BCUT2D eigenvalue weighted by Gasteiger charge is -2.14. The molecule has 0 aliphatic heterocycles. The lowest BCUT2D eigenvalue weighted by molar-refractivity contribution is 0.359. The third kappa shape index (κ3) is 3.99. The highest BCUT2D eigenvalue weighted by Crippen LogP contribution is 2.26. The highest BCUT2D eigenvalue weighted by atomic mass is 19.1. The quantitative estimate of drug-likeness (QED) is 0.780. The molecule has 0 unspecified atom stereocenters. The standard InChI is InChI=1S/C17H18FNO2/c1-3-10-21-16-7-5-4-6-13(16)12-19-15-9-8-14(18)11-17(15)20-2/h3-9,11,19H,1,10,12H2,2H3. The van der Waals surface area contributed by atoms with Crippen LogP contribution in [-0.2, 0) is 6.54 Å². The molecule has 2 rings (SSSR count). The molecule has 1 N–H and O–H groups in total. The van der Waals surface area contributed by atoms with Crippen molar-refractivity contribution in [3.8, 4) is 11.5 Å². The van der Waals surface area contributed by atoms with Gasteiger partial charge < -0.3 is 14.8 Å². The fourth-order valence-corrected chi connectivity index (χ4v) is 1.94. The largest absolute Gasteiger partial charge is 0.494 e. The Morgan fingerprint density at radius 3 is 2.76 bits per heavy atom. The summed E-state index contributed by atoms with van der Waals surface area (Å²) in [5.41, 5.74) is 1.74. The summed E-state index contributed by atoms with van der Waals surface area (Å²) in [4.78, 5) is 0. The fourth-order valence-electron chi connectivity index (χ4n) is 1.94. The molecule has 0 fully saturated rings. The first-order chi connectivity index (χ1) is 10.2. The second-order valence-electron chi connectivity index (χ2n) is 4.41. The molecular formula is C17H18FNO2. The SMILES string of the molecule is C=CCOc1ccccc1CNc1ccc(F)cc1OC. The minimum atomic E-state index is -0.327. The minimum Gasteiger partial charge on any atom is -0.494 e. The monoisotopic (exact) mass is 287 g/mol. The van der Waals surface area contributed by atoms with Gasteiger partial charge in [0.25, 0.3) is 0 Å². The van der Waals surface area contributed by atoms with Crippen molar-refractivity contribution < 1.29 is 13.9 Å². The Morgan fingerprint density at radius 2 is 2.00 bits per heavy atom. The van der Waals surface area contributed by atoms with Crippen molar-refractivity contribution >= 4 is 5.69 Å². The van der Waals surface area contributed by atoms with Crippen LogP contribution in [-0.4, -0.2) is 13.7 Å². The van der Waals surface area contributed by atoms with Crippen LogP contribution in [0.15, 0.2) is 55.1 Å². The van der Waals surface area contributed by atoms with Crippen molar-refractivity contribution in [2.75, 3.05) is 19.0 Å². The van der Waals surface area contributed by atoms with E-state index in [1.54, 1.807) is 12.1 Å². The summed E-state index contributed by atoms with van der Waals surface area (Å²) in [6, 6.07) is 12.1. The van der Waals surface area contributed by atoms with Gasteiger partial charge in [-0.15, -0.1) is 0 Å². The van der Waals surface area contributed by atoms with Crippen LogP contribution in [0.5, 0.6) is 11.5 Å². The number of methoxy groups -OCH3 is 1. The van der Waals surface area contributed by atoms with E-state index < -0.39 is 0 Å². The van der Waals surface area contributed by atoms with Crippen LogP contribution in [0.1, 0.15) is 5.56 Å². The van der Waals surface area contributed by atoms with Crippen molar-refractivity contribution in [1.29, 1.82) is 0 Å². The second kappa shape index (κ2) is 7.33. The topological polar surface area (TPSA) is 30.5 Å². The molecule has 2 aromatic rings. The number of nitrogens with one attached hydrogen (secondary N) is 1. The van der Waals surface area contributed by atoms with Crippen LogP contribution < -0.4 is 14.8 Å². The van der Waals surface area contributed by atoms with Gasteiger partial charge in [0.2, 0.25) is 0 Å². The van der Waals surface area contributed by atoms with Gasteiger partial charge in [0, 0.05) is 18.2 Å². The van der Waals surface area contributed by atoms with Gasteiger partial charge in [-0.05, 0) is 18.2 Å². The van der Waals surface area contributed by atoms with E-state index >= 15 is 0 Å². The van der Waals surface area contributed by atoms with E-state index in [4.69, 9.17) is 9.47 Å². The minimum absolute atomic E-state index is 0.327. The zero-order valence-electron chi connectivity index (χ0n) is 11.9. The van der Waals surface area contributed by atoms with Crippen molar-refractivity contribution in [3.63, 3.8) is 0 Å². The molecule has 0 atom stereocenters. The van der Waals surface area contributed by atoms with E-state index in [0.29, 0.717) is 18.9 Å². The van der Waals surface area contributed by atoms with E-state index in [2.05, 4.69) is 11.9 Å². The predicted molar refractivity (Wildman–Crippen MR) is 82.4 cm³/mol. The lowest BCUT2D eigenvalue weighted by Crippen LogP contribution is -2.04. The third-order valence-electron chi connectivity index (χ3n) is 2.96. The van der Waals surface area contributed by atoms with Gasteiger partial charge in [-0.2, -0.15) is 0 Å². The van der Waals surface area contributed by atoms with Crippen LogP contribution in [0.3, 0.4) is 0 Å². The lowest BCUT2D eigenvalue weighted by atomic mass is 10.2. The first-order valence-electron chi connectivity index (χ1n) is 6.63. The molecule has 0 radical (unpaired) electrons. The van der Waals surface area contributed by atoms with Gasteiger partial charge >= 0.3 is 0 Å². The van der Waals surface area contributed by atoms with Crippen molar-refractivity contribution in [3.05, 3.63) is 66.5 Å². The van der Waals surface area contributed by atoms with Crippen LogP contribution in [0, 0.1) is 5.82 Å². The molecule has 0 spiro atoms. The Labute approximate surface area is 124 Å². The van der Waals surface area contributed by atoms with E-state index in [1.807, 2.05) is 24.3 Å². The average molecular weight is 287 g/mol. The Bertz CT molecular complexity index is 613. The van der Waals surface area contributed by atoms with E-state index in [9.17, 15) is 4.39 Å². The number of para-hydroxylation sites is 1. The van der Waals surface area contributed by atoms with E-state index in [-0.39, 0.29) is 5.82 Å². The van der Waals surface area contributed by atoms with Crippen LogP contribution in [0.2, 0.25) is 0 Å². The number of ether oxygens (including phenoxy) is 2. The molecule has 4 heteroatoms. The maximum Gasteiger partial charge on any atom is 0.144 e. The van der Waals surface area contributed by atoms with E-state index in [0.717, 1.165) is 17.0 Å². The molecular weight excluding hydrogens is 269 g/mol. The molecule has 0 aliphatic rings. The van der Waals surface area contributed by atoms with Crippen molar-refractivity contribution in [2.45, 2.75) is 6.54 Å². The van der Waals surface area contributed by atoms with Gasteiger partial charge in [0.15, 0.2) is 0 Å². The van der Waals surface area contributed by atoms with Crippen LogP contribution >= 0.6 is 0 Å². The molecule has 110 valence electrons. The molecule has 3 nitrogen and oxygen atoms in total. The Kier molecular flexibility index (Phi) is 5.21. The van der Waals surface area contributed by atoms with Crippen molar-refractivity contribution in [2.24, 2.45) is 0 Å². The second-order valence-corrected chi connectivity index (χ2v) is 4.41. The van der Waals surface area contributed by atoms with Gasteiger partial charge in [-0.25, -0.2) is 4.39 Å². The molecule has 2 aromatic carbocycles. The summed E-state index contributed by atoms with van der Waals surface area (Å²) in [5.74, 6) is 0.942. The molecule has 0 bridgehead atoms. The third-order valence-corrected chi connectivity index (χ3v) is 2.96. The molecule has 0 heterocycles. The zero-order chi connectivity index (χ0) is 15.1. The highest BCUT2D eigenvalue weighted by molar-refractivity contribution is 5.57. The van der Waals surface area contributed by atoms with Gasteiger partial charge in [-0.3, -0.25) is 0 Å². The maximum atomic E-state index is 13.2. The van der Waals surface area contributed by atoms with E-state index in [1.165, 1.54) is 19.2 Å². The summed E-state index contributed by atoms with van der Waals surface area (Å²) in [5, 5.41) is 3.23. The first kappa shape index (κ1) is 14.9. The number of hydrogen-bond acceptors (Lipinski definition) is 3. The molecule has 21 heavy (non-hydrogen) atoms. The number of anilines is 1. The summed E-state index contributed by atoms with van der Waals surface area (Å²) in [7, 11) is 1.51. The smallest absolute Gasteiger partial charge is 0.144 e. The number of halogens is 1. The maximum absolute atomic E-state index is 13.2. The van der Waals surface area contributed by atoms with Gasteiger partial charge in [0.05, 0.1) is 12.8 Å². The fraction of sp³-hybridized carbons (Fsp3) is 0.176. The summed E-state index contributed by atoms with van der Waals surface area (Å²) >= 11 is 0. The zero-order valence-corrected chi connectivity index (χ0v) is 11.9.